The largest absolute Gasteiger partial charge is 0.457 e. The number of benzene rings is 1. The SMILES string of the molecule is Cc1cc(C)n(-c2ccc(C(=O)OCc3ccccc3[N+](=O)[O-])cn2)n1. The molecular weight excluding hydrogens is 336 g/mol. The lowest BCUT2D eigenvalue weighted by atomic mass is 10.2. The third kappa shape index (κ3) is 3.59. The normalized spacial score (nSPS) is 10.5. The molecule has 0 fully saturated rings. The Morgan fingerprint density at radius 3 is 2.62 bits per heavy atom. The lowest BCUT2D eigenvalue weighted by Crippen LogP contribution is -2.08. The van der Waals surface area contributed by atoms with Crippen LogP contribution in [0.2, 0.25) is 0 Å². The van der Waals surface area contributed by atoms with Gasteiger partial charge in [-0.25, -0.2) is 14.5 Å². The number of pyridine rings is 1. The van der Waals surface area contributed by atoms with E-state index in [4.69, 9.17) is 4.74 Å². The molecule has 1 aromatic carbocycles. The van der Waals surface area contributed by atoms with Crippen LogP contribution in [0.1, 0.15) is 27.3 Å². The number of aromatic nitrogens is 3. The van der Waals surface area contributed by atoms with Crippen LogP contribution in [-0.2, 0) is 11.3 Å². The quantitative estimate of drug-likeness (QED) is 0.397. The molecule has 26 heavy (non-hydrogen) atoms. The summed E-state index contributed by atoms with van der Waals surface area (Å²) >= 11 is 0. The molecule has 0 N–H and O–H groups in total. The molecule has 0 saturated carbocycles. The van der Waals surface area contributed by atoms with Gasteiger partial charge in [0.1, 0.15) is 6.61 Å². The van der Waals surface area contributed by atoms with Gasteiger partial charge in [-0.3, -0.25) is 10.1 Å². The topological polar surface area (TPSA) is 100 Å². The summed E-state index contributed by atoms with van der Waals surface area (Å²) in [6.07, 6.45) is 1.40. The van der Waals surface area contributed by atoms with E-state index in [1.54, 1.807) is 35.0 Å². The van der Waals surface area contributed by atoms with Gasteiger partial charge in [0.25, 0.3) is 5.69 Å². The Bertz CT molecular complexity index is 964. The van der Waals surface area contributed by atoms with Crippen LogP contribution in [0.25, 0.3) is 5.82 Å². The number of nitrogens with zero attached hydrogens (tertiary/aromatic N) is 4. The molecule has 0 spiro atoms. The first kappa shape index (κ1) is 17.3. The lowest BCUT2D eigenvalue weighted by molar-refractivity contribution is -0.385. The summed E-state index contributed by atoms with van der Waals surface area (Å²) in [5, 5.41) is 15.3. The van der Waals surface area contributed by atoms with E-state index in [-0.39, 0.29) is 17.9 Å². The first-order valence-corrected chi connectivity index (χ1v) is 7.85. The maximum atomic E-state index is 12.2. The van der Waals surface area contributed by atoms with Crippen LogP contribution in [0, 0.1) is 24.0 Å². The fraction of sp³-hybridized carbons (Fsp3) is 0.167. The zero-order valence-corrected chi connectivity index (χ0v) is 14.2. The summed E-state index contributed by atoms with van der Waals surface area (Å²) in [7, 11) is 0. The van der Waals surface area contributed by atoms with Gasteiger partial charge in [0.2, 0.25) is 0 Å². The van der Waals surface area contributed by atoms with Crippen molar-refractivity contribution in [2.75, 3.05) is 0 Å². The van der Waals surface area contributed by atoms with Gasteiger partial charge in [0.15, 0.2) is 5.82 Å². The Labute approximate surface area is 149 Å². The van der Waals surface area contributed by atoms with Crippen LogP contribution in [0.5, 0.6) is 0 Å². The molecule has 0 radical (unpaired) electrons. The molecule has 0 atom stereocenters. The lowest BCUT2D eigenvalue weighted by Gasteiger charge is -2.07. The fourth-order valence-electron chi connectivity index (χ4n) is 2.53. The highest BCUT2D eigenvalue weighted by Crippen LogP contribution is 2.19. The van der Waals surface area contributed by atoms with E-state index in [0.717, 1.165) is 11.4 Å². The molecule has 0 amide bonds. The number of carbonyl (C=O) groups excluding carboxylic acids is 1. The molecular formula is C18H16N4O4. The van der Waals surface area contributed by atoms with E-state index < -0.39 is 10.9 Å². The Morgan fingerprint density at radius 1 is 1.23 bits per heavy atom. The average Bonchev–Trinajstić information content (AvgIpc) is 2.98. The highest BCUT2D eigenvalue weighted by molar-refractivity contribution is 5.89. The second-order valence-electron chi connectivity index (χ2n) is 5.71. The number of aryl methyl sites for hydroxylation is 2. The van der Waals surface area contributed by atoms with E-state index >= 15 is 0 Å². The minimum atomic E-state index is -0.601. The number of nitro groups is 1. The minimum absolute atomic E-state index is 0.0849. The smallest absolute Gasteiger partial charge is 0.340 e. The first-order chi connectivity index (χ1) is 12.5. The van der Waals surface area contributed by atoms with Crippen LogP contribution < -0.4 is 0 Å². The predicted molar refractivity (Wildman–Crippen MR) is 93.0 cm³/mol. The molecule has 132 valence electrons. The number of rotatable bonds is 5. The van der Waals surface area contributed by atoms with Crippen molar-refractivity contribution in [3.05, 3.63) is 81.3 Å². The Morgan fingerprint density at radius 2 is 2.00 bits per heavy atom. The fourth-order valence-corrected chi connectivity index (χ4v) is 2.53. The van der Waals surface area contributed by atoms with Crippen LogP contribution in [0.3, 0.4) is 0 Å². The highest BCUT2D eigenvalue weighted by atomic mass is 16.6. The van der Waals surface area contributed by atoms with Gasteiger partial charge < -0.3 is 4.74 Å². The van der Waals surface area contributed by atoms with Crippen molar-refractivity contribution >= 4 is 11.7 Å². The van der Waals surface area contributed by atoms with Crippen LogP contribution in [-0.4, -0.2) is 25.7 Å². The van der Waals surface area contributed by atoms with Crippen LogP contribution >= 0.6 is 0 Å². The van der Waals surface area contributed by atoms with Crippen molar-refractivity contribution < 1.29 is 14.5 Å². The van der Waals surface area contributed by atoms with Gasteiger partial charge in [0.05, 0.1) is 21.7 Å². The Hall–Kier alpha value is -3.55. The molecule has 0 bridgehead atoms. The summed E-state index contributed by atoms with van der Waals surface area (Å²) < 4.78 is 6.85. The van der Waals surface area contributed by atoms with Crippen molar-refractivity contribution in [3.8, 4) is 5.82 Å². The van der Waals surface area contributed by atoms with Gasteiger partial charge in [-0.05, 0) is 38.1 Å². The van der Waals surface area contributed by atoms with E-state index in [0.29, 0.717) is 11.4 Å². The molecule has 0 unspecified atom stereocenters. The minimum Gasteiger partial charge on any atom is -0.457 e. The molecule has 8 heteroatoms. The van der Waals surface area contributed by atoms with Gasteiger partial charge in [-0.1, -0.05) is 12.1 Å². The van der Waals surface area contributed by atoms with Crippen LogP contribution in [0.4, 0.5) is 5.69 Å². The standard InChI is InChI=1S/C18H16N4O4/c1-12-9-13(2)21(20-12)17-8-7-14(10-19-17)18(23)26-11-15-5-3-4-6-16(15)22(24)25/h3-10H,11H2,1-2H3. The number of ether oxygens (including phenoxy) is 1. The number of nitro benzene ring substituents is 1. The molecule has 0 aliphatic carbocycles. The second-order valence-corrected chi connectivity index (χ2v) is 5.71. The number of para-hydroxylation sites is 1. The second kappa shape index (κ2) is 7.14. The van der Waals surface area contributed by atoms with Crippen molar-refractivity contribution in [3.63, 3.8) is 0 Å². The number of hydrogen-bond acceptors (Lipinski definition) is 6. The number of hydrogen-bond donors (Lipinski definition) is 0. The van der Waals surface area contributed by atoms with Crippen molar-refractivity contribution in [1.29, 1.82) is 0 Å². The van der Waals surface area contributed by atoms with E-state index in [1.165, 1.54) is 12.3 Å². The molecule has 3 rings (SSSR count). The molecule has 2 aromatic heterocycles. The highest BCUT2D eigenvalue weighted by Gasteiger charge is 2.15. The summed E-state index contributed by atoms with van der Waals surface area (Å²) in [6, 6.07) is 11.3. The third-order valence-corrected chi connectivity index (χ3v) is 3.76. The van der Waals surface area contributed by atoms with E-state index in [9.17, 15) is 14.9 Å². The van der Waals surface area contributed by atoms with Crippen molar-refractivity contribution in [2.45, 2.75) is 20.5 Å². The molecule has 8 nitrogen and oxygen atoms in total. The maximum absolute atomic E-state index is 12.2. The summed E-state index contributed by atoms with van der Waals surface area (Å²) in [5.41, 5.74) is 2.31. The summed E-state index contributed by atoms with van der Waals surface area (Å²) in [5.74, 6) is -0.0126. The number of esters is 1. The van der Waals surface area contributed by atoms with Gasteiger partial charge in [-0.15, -0.1) is 0 Å². The van der Waals surface area contributed by atoms with E-state index in [1.807, 2.05) is 19.9 Å². The molecule has 0 aliphatic rings. The van der Waals surface area contributed by atoms with Crippen molar-refractivity contribution in [1.82, 2.24) is 14.8 Å². The molecule has 0 aliphatic heterocycles. The zero-order valence-electron chi connectivity index (χ0n) is 14.2. The van der Waals surface area contributed by atoms with E-state index in [2.05, 4.69) is 10.1 Å². The van der Waals surface area contributed by atoms with Crippen molar-refractivity contribution in [2.24, 2.45) is 0 Å². The van der Waals surface area contributed by atoms with Gasteiger partial charge >= 0.3 is 5.97 Å². The molecule has 3 aromatic rings. The summed E-state index contributed by atoms with van der Waals surface area (Å²) in [4.78, 5) is 26.9. The summed E-state index contributed by atoms with van der Waals surface area (Å²) in [6.45, 7) is 3.61. The zero-order chi connectivity index (χ0) is 18.7. The predicted octanol–water partition coefficient (Wildman–Crippen LogP) is 3.15. The molecule has 2 heterocycles. The third-order valence-electron chi connectivity index (χ3n) is 3.76. The van der Waals surface area contributed by atoms with Gasteiger partial charge in [-0.2, -0.15) is 5.10 Å². The molecule has 0 saturated heterocycles. The Kier molecular flexibility index (Phi) is 4.74. The first-order valence-electron chi connectivity index (χ1n) is 7.85. The van der Waals surface area contributed by atoms with Crippen LogP contribution in [0.15, 0.2) is 48.7 Å². The average molecular weight is 352 g/mol. The monoisotopic (exact) mass is 352 g/mol. The van der Waals surface area contributed by atoms with Gasteiger partial charge in [0, 0.05) is 18.0 Å². The Balaban J connectivity index is 1.71. The number of carbonyl (C=O) groups is 1. The maximum Gasteiger partial charge on any atom is 0.340 e.